The molecular weight excluding hydrogens is 479 g/mol. The first kappa shape index (κ1) is 26.3. The second-order valence-corrected chi connectivity index (χ2v) is 9.95. The molecule has 3 aromatic carbocycles. The average Bonchev–Trinajstić information content (AvgIpc) is 2.83. The van der Waals surface area contributed by atoms with Gasteiger partial charge in [-0.15, -0.1) is 0 Å². The van der Waals surface area contributed by atoms with E-state index < -0.39 is 32.6 Å². The summed E-state index contributed by atoms with van der Waals surface area (Å²) >= 11 is 0. The van der Waals surface area contributed by atoms with Crippen LogP contribution in [0.5, 0.6) is 0 Å². The molecule has 0 atom stereocenters. The maximum Gasteiger partial charge on any atom is 0.416 e. The maximum absolute atomic E-state index is 13.5. The highest BCUT2D eigenvalue weighted by atomic mass is 32.2. The number of anilines is 1. The van der Waals surface area contributed by atoms with Crippen LogP contribution in [0.25, 0.3) is 0 Å². The van der Waals surface area contributed by atoms with Gasteiger partial charge in [0, 0.05) is 6.54 Å². The van der Waals surface area contributed by atoms with Crippen molar-refractivity contribution in [2.45, 2.75) is 43.7 Å². The lowest BCUT2D eigenvalue weighted by atomic mass is 10.0. The Morgan fingerprint density at radius 1 is 0.943 bits per heavy atom. The van der Waals surface area contributed by atoms with Crippen molar-refractivity contribution in [3.8, 4) is 0 Å². The highest BCUT2D eigenvalue weighted by Gasteiger charge is 2.33. The van der Waals surface area contributed by atoms with Gasteiger partial charge in [-0.3, -0.25) is 4.31 Å². The van der Waals surface area contributed by atoms with E-state index in [9.17, 15) is 26.4 Å². The van der Waals surface area contributed by atoms with Crippen LogP contribution < -0.4 is 4.31 Å². The topological polar surface area (TPSA) is 74.7 Å². The SMILES string of the molecule is CCCCN(c1ccccc1CCc1ccc(C(=O)O)cc1)S(=O)(=O)c1cccc(C(F)(F)F)c1. The van der Waals surface area contributed by atoms with E-state index in [1.165, 1.54) is 22.5 Å². The summed E-state index contributed by atoms with van der Waals surface area (Å²) in [5.41, 5.74) is 1.17. The lowest BCUT2D eigenvalue weighted by molar-refractivity contribution is -0.137. The number of hydrogen-bond acceptors (Lipinski definition) is 3. The number of rotatable bonds is 10. The Morgan fingerprint density at radius 3 is 2.26 bits per heavy atom. The molecule has 0 aliphatic heterocycles. The van der Waals surface area contributed by atoms with E-state index in [4.69, 9.17) is 5.11 Å². The summed E-state index contributed by atoms with van der Waals surface area (Å²) in [7, 11) is -4.26. The number of hydrogen-bond donors (Lipinski definition) is 1. The van der Waals surface area contributed by atoms with E-state index in [0.717, 1.165) is 23.3 Å². The zero-order valence-electron chi connectivity index (χ0n) is 19.1. The van der Waals surface area contributed by atoms with Crippen LogP contribution in [-0.4, -0.2) is 26.0 Å². The molecule has 35 heavy (non-hydrogen) atoms. The number of sulfonamides is 1. The van der Waals surface area contributed by atoms with Gasteiger partial charge in [-0.05, 0) is 66.8 Å². The molecule has 0 heterocycles. The molecule has 186 valence electrons. The monoisotopic (exact) mass is 505 g/mol. The van der Waals surface area contributed by atoms with Crippen LogP contribution in [0.2, 0.25) is 0 Å². The molecule has 3 aromatic rings. The number of unbranched alkanes of at least 4 members (excludes halogenated alkanes) is 1. The van der Waals surface area contributed by atoms with Crippen molar-refractivity contribution < 1.29 is 31.5 Å². The van der Waals surface area contributed by atoms with E-state index in [1.807, 2.05) is 6.92 Å². The smallest absolute Gasteiger partial charge is 0.416 e. The van der Waals surface area contributed by atoms with Gasteiger partial charge in [0.2, 0.25) is 0 Å². The largest absolute Gasteiger partial charge is 0.478 e. The minimum atomic E-state index is -4.66. The Morgan fingerprint density at radius 2 is 1.63 bits per heavy atom. The van der Waals surface area contributed by atoms with Crippen LogP contribution in [0.4, 0.5) is 18.9 Å². The van der Waals surface area contributed by atoms with Crippen LogP contribution in [0.15, 0.2) is 77.7 Å². The van der Waals surface area contributed by atoms with Crippen LogP contribution in [0, 0.1) is 0 Å². The first-order valence-electron chi connectivity index (χ1n) is 11.1. The summed E-state index contributed by atoms with van der Waals surface area (Å²) < 4.78 is 68.0. The molecule has 0 unspecified atom stereocenters. The number of para-hydroxylation sites is 1. The summed E-state index contributed by atoms with van der Waals surface area (Å²) in [6.45, 7) is 2.03. The number of benzene rings is 3. The van der Waals surface area contributed by atoms with Gasteiger partial charge in [-0.2, -0.15) is 13.2 Å². The second-order valence-electron chi connectivity index (χ2n) is 8.09. The highest BCUT2D eigenvalue weighted by Crippen LogP contribution is 2.33. The summed E-state index contributed by atoms with van der Waals surface area (Å²) in [6.07, 6.45) is -2.44. The van der Waals surface area contributed by atoms with Crippen molar-refractivity contribution in [2.24, 2.45) is 0 Å². The van der Waals surface area contributed by atoms with Crippen molar-refractivity contribution in [1.29, 1.82) is 0 Å². The van der Waals surface area contributed by atoms with Gasteiger partial charge >= 0.3 is 12.1 Å². The van der Waals surface area contributed by atoms with E-state index in [-0.39, 0.29) is 12.1 Å². The Bertz CT molecular complexity index is 1270. The summed E-state index contributed by atoms with van der Waals surface area (Å²) in [5, 5.41) is 9.06. The fourth-order valence-electron chi connectivity index (χ4n) is 3.69. The number of carbonyl (C=O) groups is 1. The van der Waals surface area contributed by atoms with Gasteiger partial charge in [-0.25, -0.2) is 13.2 Å². The number of alkyl halides is 3. The number of carboxylic acids is 1. The zero-order valence-corrected chi connectivity index (χ0v) is 19.9. The minimum Gasteiger partial charge on any atom is -0.478 e. The van der Waals surface area contributed by atoms with Gasteiger partial charge in [-0.1, -0.05) is 49.7 Å². The normalized spacial score (nSPS) is 11.9. The van der Waals surface area contributed by atoms with Crippen LogP contribution in [0.3, 0.4) is 0 Å². The van der Waals surface area contributed by atoms with Crippen molar-refractivity contribution in [3.63, 3.8) is 0 Å². The predicted octanol–water partition coefficient (Wildman–Crippen LogP) is 6.18. The van der Waals surface area contributed by atoms with Gasteiger partial charge in [0.25, 0.3) is 10.0 Å². The fraction of sp³-hybridized carbons (Fsp3) is 0.269. The first-order chi connectivity index (χ1) is 16.5. The molecule has 0 bridgehead atoms. The van der Waals surface area contributed by atoms with Crippen molar-refractivity contribution in [2.75, 3.05) is 10.8 Å². The quantitative estimate of drug-likeness (QED) is 0.357. The van der Waals surface area contributed by atoms with Gasteiger partial charge < -0.3 is 5.11 Å². The van der Waals surface area contributed by atoms with Gasteiger partial charge in [0.15, 0.2) is 0 Å². The van der Waals surface area contributed by atoms with E-state index in [0.29, 0.717) is 37.4 Å². The molecule has 9 heteroatoms. The van der Waals surface area contributed by atoms with E-state index in [1.54, 1.807) is 36.4 Å². The first-order valence-corrected chi connectivity index (χ1v) is 12.6. The molecule has 0 aliphatic rings. The van der Waals surface area contributed by atoms with Crippen molar-refractivity contribution in [1.82, 2.24) is 0 Å². The minimum absolute atomic E-state index is 0.124. The second kappa shape index (κ2) is 10.9. The molecule has 0 saturated carbocycles. The number of nitrogens with zero attached hydrogens (tertiary/aromatic N) is 1. The molecule has 0 aliphatic carbocycles. The predicted molar refractivity (Wildman–Crippen MR) is 128 cm³/mol. The summed E-state index contributed by atoms with van der Waals surface area (Å²) in [6, 6.07) is 17.1. The van der Waals surface area contributed by atoms with Gasteiger partial charge in [0.1, 0.15) is 0 Å². The number of carboxylic acid groups (broad SMARTS) is 1. The summed E-state index contributed by atoms with van der Waals surface area (Å²) in [5.74, 6) is -1.02. The third kappa shape index (κ3) is 6.42. The molecule has 0 radical (unpaired) electrons. The molecule has 3 rings (SSSR count). The maximum atomic E-state index is 13.5. The van der Waals surface area contributed by atoms with Crippen LogP contribution in [0.1, 0.15) is 46.8 Å². The zero-order chi connectivity index (χ0) is 25.6. The van der Waals surface area contributed by atoms with Crippen molar-refractivity contribution >= 4 is 21.7 Å². The lowest BCUT2D eigenvalue weighted by Gasteiger charge is -2.27. The highest BCUT2D eigenvalue weighted by molar-refractivity contribution is 7.92. The van der Waals surface area contributed by atoms with Crippen LogP contribution >= 0.6 is 0 Å². The number of aromatic carboxylic acids is 1. The van der Waals surface area contributed by atoms with E-state index >= 15 is 0 Å². The Kier molecular flexibility index (Phi) is 8.22. The number of halogens is 3. The third-order valence-electron chi connectivity index (χ3n) is 5.61. The van der Waals surface area contributed by atoms with Crippen molar-refractivity contribution in [3.05, 3.63) is 95.1 Å². The molecule has 0 aromatic heterocycles. The fourth-order valence-corrected chi connectivity index (χ4v) is 5.28. The Hall–Kier alpha value is -3.33. The molecular formula is C26H26F3NO4S. The van der Waals surface area contributed by atoms with E-state index in [2.05, 4.69) is 0 Å². The average molecular weight is 506 g/mol. The summed E-state index contributed by atoms with van der Waals surface area (Å²) in [4.78, 5) is 10.6. The molecule has 5 nitrogen and oxygen atoms in total. The standard InChI is InChI=1S/C26H26F3NO4S/c1-2-3-17-30(35(33,34)23-9-6-8-22(18-23)26(27,28)29)24-10-5-4-7-20(24)14-11-19-12-15-21(16-13-19)25(31)32/h4-10,12-13,15-16,18H,2-3,11,14,17H2,1H3,(H,31,32). The molecule has 0 spiro atoms. The van der Waals surface area contributed by atoms with Crippen LogP contribution in [-0.2, 0) is 29.0 Å². The molecule has 0 amide bonds. The number of aryl methyl sites for hydroxylation is 2. The Labute approximate surface area is 202 Å². The third-order valence-corrected chi connectivity index (χ3v) is 7.42. The van der Waals surface area contributed by atoms with Gasteiger partial charge in [0.05, 0.1) is 21.7 Å². The molecule has 0 fully saturated rings. The molecule has 1 N–H and O–H groups in total. The Balaban J connectivity index is 1.95. The molecule has 0 saturated heterocycles. The lowest BCUT2D eigenvalue weighted by Crippen LogP contribution is -2.33.